The molecule has 0 aliphatic carbocycles. The standard InChI is InChI=1S/C26H28ClFN6O2/c1-16-4-3-9-34(16)26-30-22(18-5-7-20(28)8-6-18)13-23(31-26)33-11-10-32(15-17(33)2)24-21(27)12-19(14-29-24)25(35)36/h5-8,12-14,16-17H,3-4,9-11,15H2,1-2H3,(H,35,36)/t16?,17-/m1/s1. The van der Waals surface area contributed by atoms with Gasteiger partial charge in [0.25, 0.3) is 0 Å². The van der Waals surface area contributed by atoms with Crippen LogP contribution in [-0.2, 0) is 0 Å². The molecule has 1 unspecified atom stereocenters. The van der Waals surface area contributed by atoms with Gasteiger partial charge in [0, 0.05) is 56.1 Å². The van der Waals surface area contributed by atoms with Crippen molar-refractivity contribution in [1.82, 2.24) is 15.0 Å². The van der Waals surface area contributed by atoms with Crippen molar-refractivity contribution in [3.05, 3.63) is 59.0 Å². The number of nitrogens with zero attached hydrogens (tertiary/aromatic N) is 6. The lowest BCUT2D eigenvalue weighted by Crippen LogP contribution is -2.52. The quantitative estimate of drug-likeness (QED) is 0.527. The molecule has 5 rings (SSSR count). The van der Waals surface area contributed by atoms with Gasteiger partial charge in [0.15, 0.2) is 0 Å². The Balaban J connectivity index is 1.44. The molecule has 36 heavy (non-hydrogen) atoms. The summed E-state index contributed by atoms with van der Waals surface area (Å²) in [4.78, 5) is 31.9. The molecule has 2 atom stereocenters. The van der Waals surface area contributed by atoms with Crippen LogP contribution in [0, 0.1) is 5.82 Å². The molecule has 1 N–H and O–H groups in total. The van der Waals surface area contributed by atoms with Crippen LogP contribution in [0.2, 0.25) is 5.02 Å². The molecule has 8 nitrogen and oxygen atoms in total. The number of pyridine rings is 1. The summed E-state index contributed by atoms with van der Waals surface area (Å²) in [6.45, 7) is 7.18. The molecule has 0 saturated carbocycles. The Bertz CT molecular complexity index is 1270. The normalized spacial score (nSPS) is 20.2. The van der Waals surface area contributed by atoms with Crippen LogP contribution in [0.5, 0.6) is 0 Å². The van der Waals surface area contributed by atoms with Crippen molar-refractivity contribution in [3.63, 3.8) is 0 Å². The highest BCUT2D eigenvalue weighted by Crippen LogP contribution is 2.32. The lowest BCUT2D eigenvalue weighted by Gasteiger charge is -2.41. The van der Waals surface area contributed by atoms with Crippen LogP contribution in [-0.4, -0.2) is 64.3 Å². The van der Waals surface area contributed by atoms with Crippen molar-refractivity contribution in [3.8, 4) is 11.3 Å². The molecule has 0 spiro atoms. The summed E-state index contributed by atoms with van der Waals surface area (Å²) in [6.07, 6.45) is 3.54. The van der Waals surface area contributed by atoms with Crippen LogP contribution in [0.4, 0.5) is 22.0 Å². The summed E-state index contributed by atoms with van der Waals surface area (Å²) in [5.74, 6) is 0.758. The van der Waals surface area contributed by atoms with Crippen molar-refractivity contribution in [2.45, 2.75) is 38.8 Å². The first-order valence-electron chi connectivity index (χ1n) is 12.1. The zero-order valence-electron chi connectivity index (χ0n) is 20.2. The van der Waals surface area contributed by atoms with Gasteiger partial charge in [-0.1, -0.05) is 11.6 Å². The topological polar surface area (TPSA) is 85.7 Å². The number of halogens is 2. The van der Waals surface area contributed by atoms with E-state index in [0.717, 1.165) is 36.5 Å². The minimum absolute atomic E-state index is 0.0633. The third-order valence-electron chi connectivity index (χ3n) is 6.94. The van der Waals surface area contributed by atoms with E-state index >= 15 is 0 Å². The number of hydrogen-bond donors (Lipinski definition) is 1. The first-order valence-corrected chi connectivity index (χ1v) is 12.5. The number of benzene rings is 1. The Kier molecular flexibility index (Phi) is 6.66. The van der Waals surface area contributed by atoms with Crippen LogP contribution in [0.3, 0.4) is 0 Å². The zero-order valence-corrected chi connectivity index (χ0v) is 21.0. The fraction of sp³-hybridized carbons (Fsp3) is 0.385. The Morgan fingerprint density at radius 2 is 1.83 bits per heavy atom. The van der Waals surface area contributed by atoms with E-state index in [0.29, 0.717) is 42.5 Å². The molecule has 0 bridgehead atoms. The van der Waals surface area contributed by atoms with Crippen molar-refractivity contribution >= 4 is 35.2 Å². The predicted molar refractivity (Wildman–Crippen MR) is 139 cm³/mol. The maximum Gasteiger partial charge on any atom is 0.337 e. The van der Waals surface area contributed by atoms with Gasteiger partial charge in [-0.2, -0.15) is 4.98 Å². The van der Waals surface area contributed by atoms with Crippen molar-refractivity contribution < 1.29 is 14.3 Å². The second-order valence-corrected chi connectivity index (χ2v) is 9.83. The van der Waals surface area contributed by atoms with Crippen molar-refractivity contribution in [1.29, 1.82) is 0 Å². The minimum atomic E-state index is -1.06. The summed E-state index contributed by atoms with van der Waals surface area (Å²) in [5.41, 5.74) is 1.67. The molecule has 0 amide bonds. The highest BCUT2D eigenvalue weighted by atomic mass is 35.5. The zero-order chi connectivity index (χ0) is 25.4. The fourth-order valence-electron chi connectivity index (χ4n) is 4.97. The second-order valence-electron chi connectivity index (χ2n) is 9.43. The molecular formula is C26H28ClFN6O2. The van der Waals surface area contributed by atoms with Crippen molar-refractivity contribution in [2.24, 2.45) is 0 Å². The molecule has 2 aliphatic heterocycles. The number of piperazine rings is 1. The van der Waals surface area contributed by atoms with Gasteiger partial charge in [0.05, 0.1) is 16.3 Å². The molecule has 2 aromatic heterocycles. The van der Waals surface area contributed by atoms with E-state index in [1.165, 1.54) is 24.4 Å². The van der Waals surface area contributed by atoms with Crippen LogP contribution in [0.15, 0.2) is 42.6 Å². The molecule has 10 heteroatoms. The van der Waals surface area contributed by atoms with Gasteiger partial charge in [0.2, 0.25) is 5.95 Å². The smallest absolute Gasteiger partial charge is 0.337 e. The monoisotopic (exact) mass is 510 g/mol. The largest absolute Gasteiger partial charge is 0.478 e. The summed E-state index contributed by atoms with van der Waals surface area (Å²) in [6, 6.07) is 10.2. The molecule has 2 saturated heterocycles. The van der Waals surface area contributed by atoms with Crippen LogP contribution >= 0.6 is 11.6 Å². The van der Waals surface area contributed by atoms with E-state index in [9.17, 15) is 14.3 Å². The van der Waals surface area contributed by atoms with Gasteiger partial charge in [-0.3, -0.25) is 0 Å². The SMILES string of the molecule is CC1CCCN1c1nc(-c2ccc(F)cc2)cc(N2CCN(c3ncc(C(=O)O)cc3Cl)C[C@H]2C)n1. The number of hydrogen-bond acceptors (Lipinski definition) is 7. The maximum absolute atomic E-state index is 13.6. The second kappa shape index (κ2) is 9.89. The first kappa shape index (κ1) is 24.2. The molecular weight excluding hydrogens is 483 g/mol. The number of aromatic nitrogens is 3. The number of anilines is 3. The highest BCUT2D eigenvalue weighted by molar-refractivity contribution is 6.33. The molecule has 3 aromatic rings. The Morgan fingerprint density at radius 1 is 1.06 bits per heavy atom. The molecule has 4 heterocycles. The number of carboxylic acids is 1. The number of carbonyl (C=O) groups is 1. The van der Waals surface area contributed by atoms with Crippen LogP contribution in [0.25, 0.3) is 11.3 Å². The van der Waals surface area contributed by atoms with E-state index < -0.39 is 5.97 Å². The van der Waals surface area contributed by atoms with Gasteiger partial charge in [-0.25, -0.2) is 19.2 Å². The highest BCUT2D eigenvalue weighted by Gasteiger charge is 2.29. The summed E-state index contributed by atoms with van der Waals surface area (Å²) in [7, 11) is 0. The van der Waals surface area contributed by atoms with E-state index in [2.05, 4.69) is 33.5 Å². The maximum atomic E-state index is 13.6. The lowest BCUT2D eigenvalue weighted by molar-refractivity contribution is 0.0696. The Labute approximate surface area is 214 Å². The molecule has 0 radical (unpaired) electrons. The number of carboxylic acid groups (broad SMARTS) is 1. The molecule has 2 fully saturated rings. The van der Waals surface area contributed by atoms with Gasteiger partial charge < -0.3 is 19.8 Å². The van der Waals surface area contributed by atoms with E-state index in [1.54, 1.807) is 12.1 Å². The Hall–Kier alpha value is -3.46. The van der Waals surface area contributed by atoms with Gasteiger partial charge >= 0.3 is 5.97 Å². The van der Waals surface area contributed by atoms with Gasteiger partial charge in [0.1, 0.15) is 17.5 Å². The lowest BCUT2D eigenvalue weighted by atomic mass is 10.1. The number of rotatable bonds is 5. The average molecular weight is 511 g/mol. The fourth-order valence-corrected chi connectivity index (χ4v) is 5.25. The van der Waals surface area contributed by atoms with Gasteiger partial charge in [-0.15, -0.1) is 0 Å². The predicted octanol–water partition coefficient (Wildman–Crippen LogP) is 4.73. The van der Waals surface area contributed by atoms with E-state index in [4.69, 9.17) is 21.6 Å². The van der Waals surface area contributed by atoms with Crippen LogP contribution in [0.1, 0.15) is 37.0 Å². The molecule has 2 aliphatic rings. The third kappa shape index (κ3) is 4.80. The average Bonchev–Trinajstić information content (AvgIpc) is 3.30. The number of aromatic carboxylic acids is 1. The van der Waals surface area contributed by atoms with E-state index in [1.807, 2.05) is 6.07 Å². The van der Waals surface area contributed by atoms with Crippen LogP contribution < -0.4 is 14.7 Å². The summed E-state index contributed by atoms with van der Waals surface area (Å²) >= 11 is 6.38. The van der Waals surface area contributed by atoms with Gasteiger partial charge in [-0.05, 0) is 57.0 Å². The summed E-state index contributed by atoms with van der Waals surface area (Å²) in [5, 5.41) is 9.52. The first-order chi connectivity index (χ1) is 17.3. The van der Waals surface area contributed by atoms with E-state index in [-0.39, 0.29) is 17.4 Å². The van der Waals surface area contributed by atoms with Crippen molar-refractivity contribution in [2.75, 3.05) is 40.9 Å². The molecule has 1 aromatic carbocycles. The third-order valence-corrected chi connectivity index (χ3v) is 7.22. The Morgan fingerprint density at radius 3 is 2.47 bits per heavy atom. The minimum Gasteiger partial charge on any atom is -0.478 e. The molecule has 188 valence electrons. The summed E-state index contributed by atoms with van der Waals surface area (Å²) < 4.78 is 13.6.